The molecular weight excluding hydrogens is 312 g/mol. The van der Waals surface area contributed by atoms with E-state index in [1.165, 1.54) is 5.56 Å². The van der Waals surface area contributed by atoms with Gasteiger partial charge in [0.2, 0.25) is 5.79 Å². The molecule has 0 radical (unpaired) electrons. The Hall–Kier alpha value is -1.43. The van der Waals surface area contributed by atoms with Crippen LogP contribution < -0.4 is 11.5 Å². The van der Waals surface area contributed by atoms with Crippen molar-refractivity contribution in [2.45, 2.75) is 37.1 Å². The Morgan fingerprint density at radius 1 is 0.783 bits per heavy atom. The second-order valence-corrected chi connectivity index (χ2v) is 5.77. The van der Waals surface area contributed by atoms with Gasteiger partial charge in [0.1, 0.15) is 5.66 Å². The van der Waals surface area contributed by atoms with Crippen molar-refractivity contribution in [3.05, 3.63) is 71.8 Å². The van der Waals surface area contributed by atoms with Crippen LogP contribution in [0.2, 0.25) is 0 Å². The van der Waals surface area contributed by atoms with E-state index in [-0.39, 0.29) is 12.4 Å². The van der Waals surface area contributed by atoms with Gasteiger partial charge in [-0.25, -0.2) is 0 Å². The Morgan fingerprint density at radius 2 is 1.30 bits per heavy atom. The van der Waals surface area contributed by atoms with Crippen LogP contribution in [0.25, 0.3) is 0 Å². The van der Waals surface area contributed by atoms with Gasteiger partial charge in [-0.2, -0.15) is 0 Å². The maximum absolute atomic E-state index is 10.3. The molecule has 5 heteroatoms. The van der Waals surface area contributed by atoms with Crippen LogP contribution in [-0.2, 0) is 12.2 Å². The van der Waals surface area contributed by atoms with Crippen molar-refractivity contribution >= 4 is 12.4 Å². The first kappa shape index (κ1) is 19.6. The lowest BCUT2D eigenvalue weighted by atomic mass is 9.88. The van der Waals surface area contributed by atoms with Crippen LogP contribution in [-0.4, -0.2) is 15.9 Å². The molecule has 23 heavy (non-hydrogen) atoms. The number of hydrogen-bond acceptors (Lipinski definition) is 4. The molecule has 0 heterocycles. The smallest absolute Gasteiger partial charge is 0.222 e. The van der Waals surface area contributed by atoms with Gasteiger partial charge in [0.25, 0.3) is 0 Å². The van der Waals surface area contributed by atoms with Crippen molar-refractivity contribution in [3.8, 4) is 0 Å². The summed E-state index contributed by atoms with van der Waals surface area (Å²) in [7, 11) is 0. The second-order valence-electron chi connectivity index (χ2n) is 5.77. The largest absolute Gasteiger partial charge is 0.359 e. The van der Waals surface area contributed by atoms with E-state index < -0.39 is 11.4 Å². The highest BCUT2D eigenvalue weighted by atomic mass is 35.5. The first-order chi connectivity index (χ1) is 10.4. The molecule has 4 nitrogen and oxygen atoms in total. The van der Waals surface area contributed by atoms with Crippen LogP contribution in [0.1, 0.15) is 30.4 Å². The van der Waals surface area contributed by atoms with Gasteiger partial charge in [-0.3, -0.25) is 0 Å². The summed E-state index contributed by atoms with van der Waals surface area (Å²) >= 11 is 0. The summed E-state index contributed by atoms with van der Waals surface area (Å²) in [5.74, 6) is -2.25. The van der Waals surface area contributed by atoms with Gasteiger partial charge in [0.05, 0.1) is 0 Å². The number of halogens is 1. The fourth-order valence-corrected chi connectivity index (χ4v) is 2.50. The van der Waals surface area contributed by atoms with Crippen LogP contribution in [0.15, 0.2) is 60.7 Å². The molecule has 0 unspecified atom stereocenters. The predicted octanol–water partition coefficient (Wildman–Crippen LogP) is 2.27. The van der Waals surface area contributed by atoms with Gasteiger partial charge in [-0.1, -0.05) is 60.7 Å². The quantitative estimate of drug-likeness (QED) is 0.461. The number of aryl methyl sites for hydroxylation is 1. The summed E-state index contributed by atoms with van der Waals surface area (Å²) in [6, 6.07) is 18.6. The lowest BCUT2D eigenvalue weighted by molar-refractivity contribution is -0.220. The van der Waals surface area contributed by atoms with Gasteiger partial charge in [-0.15, -0.1) is 12.4 Å². The third-order valence-electron chi connectivity index (χ3n) is 3.97. The standard InChI is InChI=1S/C18H24N2O2.ClH/c19-17(20,18(21,22)16-12-5-2-6-13-16)14-8-7-11-15-9-3-1-4-10-15;/h1-6,9-10,12-13,21-22H,7-8,11,14,19-20H2;1H. The van der Waals surface area contributed by atoms with Crippen LogP contribution >= 0.6 is 12.4 Å². The van der Waals surface area contributed by atoms with E-state index in [2.05, 4.69) is 12.1 Å². The molecule has 0 fully saturated rings. The monoisotopic (exact) mass is 336 g/mol. The van der Waals surface area contributed by atoms with Gasteiger partial charge < -0.3 is 21.7 Å². The highest BCUT2D eigenvalue weighted by molar-refractivity contribution is 5.85. The van der Waals surface area contributed by atoms with Crippen LogP contribution in [0.4, 0.5) is 0 Å². The maximum atomic E-state index is 10.3. The maximum Gasteiger partial charge on any atom is 0.222 e. The van der Waals surface area contributed by atoms with Crippen molar-refractivity contribution in [1.82, 2.24) is 0 Å². The normalized spacial score (nSPS) is 11.8. The second kappa shape index (κ2) is 8.43. The number of rotatable bonds is 7. The summed E-state index contributed by atoms with van der Waals surface area (Å²) in [6.45, 7) is 0. The molecule has 0 aromatic heterocycles. The van der Waals surface area contributed by atoms with Crippen molar-refractivity contribution in [1.29, 1.82) is 0 Å². The zero-order chi connectivity index (χ0) is 16.1. The van der Waals surface area contributed by atoms with Gasteiger partial charge in [-0.05, 0) is 31.2 Å². The summed E-state index contributed by atoms with van der Waals surface area (Å²) in [4.78, 5) is 0. The average molecular weight is 337 g/mol. The molecule has 0 saturated heterocycles. The fraction of sp³-hybridized carbons (Fsp3) is 0.333. The third-order valence-corrected chi connectivity index (χ3v) is 3.97. The van der Waals surface area contributed by atoms with Crippen LogP contribution in [0.3, 0.4) is 0 Å². The molecule has 0 aliphatic rings. The average Bonchev–Trinajstić information content (AvgIpc) is 2.53. The van der Waals surface area contributed by atoms with Crippen molar-refractivity contribution < 1.29 is 10.2 Å². The minimum Gasteiger partial charge on any atom is -0.359 e. The fourth-order valence-electron chi connectivity index (χ4n) is 2.50. The highest BCUT2D eigenvalue weighted by Gasteiger charge is 2.44. The Labute approximate surface area is 143 Å². The lowest BCUT2D eigenvalue weighted by Crippen LogP contribution is -2.65. The van der Waals surface area contributed by atoms with Crippen molar-refractivity contribution in [2.24, 2.45) is 11.5 Å². The zero-order valence-corrected chi connectivity index (χ0v) is 13.9. The molecule has 2 aromatic carbocycles. The Bertz CT molecular complexity index is 574. The van der Waals surface area contributed by atoms with E-state index >= 15 is 0 Å². The van der Waals surface area contributed by atoms with Crippen molar-refractivity contribution in [3.63, 3.8) is 0 Å². The molecule has 0 atom stereocenters. The topological polar surface area (TPSA) is 92.5 Å². The molecule has 0 amide bonds. The number of hydrogen-bond donors (Lipinski definition) is 4. The van der Waals surface area contributed by atoms with E-state index in [0.29, 0.717) is 12.0 Å². The highest BCUT2D eigenvalue weighted by Crippen LogP contribution is 2.28. The molecule has 0 saturated carbocycles. The van der Waals surface area contributed by atoms with Crippen LogP contribution in [0, 0.1) is 0 Å². The first-order valence-electron chi connectivity index (χ1n) is 7.55. The van der Waals surface area contributed by atoms with E-state index in [1.807, 2.05) is 18.2 Å². The molecule has 126 valence electrons. The van der Waals surface area contributed by atoms with Gasteiger partial charge in [0.15, 0.2) is 0 Å². The Balaban J connectivity index is 0.00000264. The predicted molar refractivity (Wildman–Crippen MR) is 94.9 cm³/mol. The lowest BCUT2D eigenvalue weighted by Gasteiger charge is -2.38. The van der Waals surface area contributed by atoms with Crippen LogP contribution in [0.5, 0.6) is 0 Å². The van der Waals surface area contributed by atoms with E-state index in [1.54, 1.807) is 30.3 Å². The molecule has 2 aromatic rings. The zero-order valence-electron chi connectivity index (χ0n) is 13.1. The third kappa shape index (κ3) is 5.03. The van der Waals surface area contributed by atoms with E-state index in [9.17, 15) is 10.2 Å². The van der Waals surface area contributed by atoms with Gasteiger partial charge >= 0.3 is 0 Å². The molecule has 2 rings (SSSR count). The summed E-state index contributed by atoms with van der Waals surface area (Å²) in [5.41, 5.74) is 11.9. The van der Waals surface area contributed by atoms with E-state index in [0.717, 1.165) is 19.3 Å². The molecule has 0 aliphatic carbocycles. The molecule has 6 N–H and O–H groups in total. The minimum absolute atomic E-state index is 0. The minimum atomic E-state index is -2.25. The number of benzene rings is 2. The number of nitrogens with two attached hydrogens (primary N) is 2. The summed E-state index contributed by atoms with van der Waals surface area (Å²) in [5, 5.41) is 20.7. The number of aliphatic hydroxyl groups is 2. The SMILES string of the molecule is Cl.NC(N)(CCCCc1ccccc1)C(O)(O)c1ccccc1. The molecule has 0 aliphatic heterocycles. The summed E-state index contributed by atoms with van der Waals surface area (Å²) in [6.07, 6.45) is 2.86. The molecular formula is C18H25ClN2O2. The van der Waals surface area contributed by atoms with Gasteiger partial charge in [0, 0.05) is 5.56 Å². The first-order valence-corrected chi connectivity index (χ1v) is 7.55. The molecule has 0 bridgehead atoms. The number of unbranched alkanes of at least 4 members (excludes halogenated alkanes) is 1. The van der Waals surface area contributed by atoms with E-state index in [4.69, 9.17) is 11.5 Å². The Morgan fingerprint density at radius 3 is 1.87 bits per heavy atom. The van der Waals surface area contributed by atoms with Crippen molar-refractivity contribution in [2.75, 3.05) is 0 Å². The summed E-state index contributed by atoms with van der Waals surface area (Å²) < 4.78 is 0. The Kier molecular flexibility index (Phi) is 7.19. The molecule has 0 spiro atoms.